The molecule has 2 aliphatic carbocycles. The van der Waals surface area contributed by atoms with Crippen LogP contribution in [0.5, 0.6) is 5.75 Å². The summed E-state index contributed by atoms with van der Waals surface area (Å²) < 4.78 is 47.5. The molecule has 1 saturated carbocycles. The van der Waals surface area contributed by atoms with Crippen LogP contribution in [0.1, 0.15) is 66.9 Å². The van der Waals surface area contributed by atoms with Crippen molar-refractivity contribution in [2.24, 2.45) is 11.8 Å². The van der Waals surface area contributed by atoms with E-state index in [4.69, 9.17) is 25.8 Å². The van der Waals surface area contributed by atoms with Crippen LogP contribution in [-0.2, 0) is 31.3 Å². The highest BCUT2D eigenvalue weighted by Gasteiger charge is 2.45. The Bertz CT molecular complexity index is 1480. The van der Waals surface area contributed by atoms with Crippen molar-refractivity contribution in [3.63, 3.8) is 0 Å². The minimum Gasteiger partial charge on any atom is -0.490 e. The lowest BCUT2D eigenvalue weighted by Gasteiger charge is -2.48. The van der Waals surface area contributed by atoms with Crippen LogP contribution in [0.15, 0.2) is 36.4 Å². The maximum atomic E-state index is 13.3. The largest absolute Gasteiger partial charge is 0.490 e. The van der Waals surface area contributed by atoms with Crippen LogP contribution in [0.4, 0.5) is 5.69 Å². The fourth-order valence-corrected chi connectivity index (χ4v) is 8.77. The molecular formula is C32H39ClN2O6S. The number of fused-ring (bicyclic) bond motifs is 7. The maximum absolute atomic E-state index is 13.3. The Morgan fingerprint density at radius 2 is 1.98 bits per heavy atom. The van der Waals surface area contributed by atoms with Gasteiger partial charge in [0.25, 0.3) is 5.91 Å². The van der Waals surface area contributed by atoms with Crippen molar-refractivity contribution < 1.29 is 27.4 Å². The zero-order valence-electron chi connectivity index (χ0n) is 24.0. The molecule has 3 heterocycles. The number of hydrogen-bond acceptors (Lipinski definition) is 7. The number of halogens is 1. The Labute approximate surface area is 253 Å². The van der Waals surface area contributed by atoms with Crippen molar-refractivity contribution in [3.05, 3.63) is 58.1 Å². The van der Waals surface area contributed by atoms with Crippen LogP contribution in [0.2, 0.25) is 5.02 Å². The van der Waals surface area contributed by atoms with E-state index < -0.39 is 21.2 Å². The minimum atomic E-state index is -3.93. The first-order chi connectivity index (χ1) is 20.2. The molecule has 1 amide bonds. The van der Waals surface area contributed by atoms with Crippen molar-refractivity contribution in [3.8, 4) is 5.75 Å². The summed E-state index contributed by atoms with van der Waals surface area (Å²) in [6.45, 7) is 4.32. The van der Waals surface area contributed by atoms with Gasteiger partial charge in [-0.1, -0.05) is 17.7 Å². The first kappa shape index (κ1) is 28.4. The Balaban J connectivity index is 1.29. The predicted molar refractivity (Wildman–Crippen MR) is 161 cm³/mol. The molecule has 3 aliphatic heterocycles. The lowest BCUT2D eigenvalue weighted by Crippen LogP contribution is -2.51. The second kappa shape index (κ2) is 11.0. The molecule has 0 aromatic heterocycles. The van der Waals surface area contributed by atoms with E-state index in [0.717, 1.165) is 74.5 Å². The smallest absolute Gasteiger partial charge is 0.264 e. The van der Waals surface area contributed by atoms with Crippen LogP contribution in [0.3, 0.4) is 0 Å². The highest BCUT2D eigenvalue weighted by Crippen LogP contribution is 2.47. The molecule has 0 unspecified atom stereocenters. The third-order valence-corrected chi connectivity index (χ3v) is 12.2. The van der Waals surface area contributed by atoms with E-state index in [9.17, 15) is 13.2 Å². The molecular weight excluding hydrogens is 576 g/mol. The zero-order chi connectivity index (χ0) is 29.1. The topological polar surface area (TPSA) is 94.2 Å². The number of benzene rings is 2. The summed E-state index contributed by atoms with van der Waals surface area (Å²) in [7, 11) is -3.93. The minimum absolute atomic E-state index is 0.0364. The van der Waals surface area contributed by atoms with Crippen molar-refractivity contribution in [1.29, 1.82) is 0 Å². The number of aryl methyl sites for hydroxylation is 1. The molecule has 2 aromatic rings. The van der Waals surface area contributed by atoms with Gasteiger partial charge >= 0.3 is 0 Å². The van der Waals surface area contributed by atoms with Crippen molar-refractivity contribution in [2.45, 2.75) is 74.7 Å². The van der Waals surface area contributed by atoms with Gasteiger partial charge in [-0.15, -0.1) is 0 Å². The van der Waals surface area contributed by atoms with Gasteiger partial charge in [0.2, 0.25) is 10.0 Å². The second-order valence-corrected chi connectivity index (χ2v) is 15.5. The highest BCUT2D eigenvalue weighted by molar-refractivity contribution is 7.90. The predicted octanol–water partition coefficient (Wildman–Crippen LogP) is 4.87. The zero-order valence-corrected chi connectivity index (χ0v) is 25.6. The van der Waals surface area contributed by atoms with Gasteiger partial charge in [0.05, 0.1) is 31.1 Å². The number of nitrogens with zero attached hydrogens (tertiary/aromatic N) is 1. The first-order valence-corrected chi connectivity index (χ1v) is 17.2. The van der Waals surface area contributed by atoms with Gasteiger partial charge in [-0.3, -0.25) is 4.79 Å². The van der Waals surface area contributed by atoms with Crippen LogP contribution >= 0.6 is 11.6 Å². The molecule has 6 atom stereocenters. The van der Waals surface area contributed by atoms with Gasteiger partial charge in [0.1, 0.15) is 11.0 Å². The molecule has 10 heteroatoms. The SMILES string of the molecule is C[C@@H]1CO[C@H]2CCO[C@H](C2)[C@@H]2CC[C@H]2CN2C[C@@]3(CCCc4cc(Cl)ccc43)COc3ccc(cc32)C(=O)NS1(=O)=O. The lowest BCUT2D eigenvalue weighted by atomic mass is 9.67. The van der Waals surface area contributed by atoms with E-state index in [1.54, 1.807) is 19.1 Å². The number of nitrogens with one attached hydrogen (secondary N) is 1. The number of carbonyl (C=O) groups is 1. The fourth-order valence-electron chi connectivity index (χ4n) is 7.74. The van der Waals surface area contributed by atoms with Gasteiger partial charge in [-0.05, 0) is 98.7 Å². The van der Waals surface area contributed by atoms with Crippen LogP contribution < -0.4 is 14.4 Å². The summed E-state index contributed by atoms with van der Waals surface area (Å²) in [5.74, 6) is 0.939. The summed E-state index contributed by atoms with van der Waals surface area (Å²) in [6.07, 6.45) is 6.83. The van der Waals surface area contributed by atoms with Gasteiger partial charge in [0.15, 0.2) is 0 Å². The second-order valence-electron chi connectivity index (χ2n) is 13.0. The summed E-state index contributed by atoms with van der Waals surface area (Å²) in [6, 6.07) is 11.5. The molecule has 5 aliphatic rings. The monoisotopic (exact) mass is 614 g/mol. The third kappa shape index (κ3) is 5.20. The van der Waals surface area contributed by atoms with E-state index in [2.05, 4.69) is 21.8 Å². The van der Waals surface area contributed by atoms with Gasteiger partial charge in [-0.25, -0.2) is 13.1 Å². The van der Waals surface area contributed by atoms with Crippen LogP contribution in [0.25, 0.3) is 0 Å². The third-order valence-electron chi connectivity index (χ3n) is 10.3. The molecule has 42 heavy (non-hydrogen) atoms. The Kier molecular flexibility index (Phi) is 7.44. The Morgan fingerprint density at radius 3 is 2.81 bits per heavy atom. The molecule has 1 N–H and O–H groups in total. The Hall–Kier alpha value is -2.33. The number of amides is 1. The van der Waals surface area contributed by atoms with E-state index >= 15 is 0 Å². The number of anilines is 1. The molecule has 4 bridgehead atoms. The van der Waals surface area contributed by atoms with E-state index in [1.165, 1.54) is 11.1 Å². The summed E-state index contributed by atoms with van der Waals surface area (Å²) >= 11 is 6.41. The molecule has 0 radical (unpaired) electrons. The number of sulfonamides is 1. The molecule has 7 rings (SSSR count). The molecule has 1 spiro atoms. The molecule has 1 saturated heterocycles. The number of carbonyl (C=O) groups excluding carboxylic acids is 1. The van der Waals surface area contributed by atoms with Crippen LogP contribution in [0, 0.1) is 11.8 Å². The molecule has 2 aromatic carbocycles. The summed E-state index contributed by atoms with van der Waals surface area (Å²) in [4.78, 5) is 15.7. The number of rotatable bonds is 0. The van der Waals surface area contributed by atoms with Gasteiger partial charge in [0, 0.05) is 42.1 Å². The first-order valence-electron chi connectivity index (χ1n) is 15.3. The normalized spacial score (nSPS) is 34.2. The van der Waals surface area contributed by atoms with E-state index in [1.807, 2.05) is 12.1 Å². The summed E-state index contributed by atoms with van der Waals surface area (Å²) in [5, 5.41) is -0.117. The molecule has 2 fully saturated rings. The van der Waals surface area contributed by atoms with Crippen LogP contribution in [-0.4, -0.2) is 64.7 Å². The Morgan fingerprint density at radius 1 is 1.10 bits per heavy atom. The number of hydrogen-bond donors (Lipinski definition) is 1. The molecule has 226 valence electrons. The average molecular weight is 615 g/mol. The van der Waals surface area contributed by atoms with Gasteiger partial charge in [-0.2, -0.15) is 0 Å². The lowest BCUT2D eigenvalue weighted by molar-refractivity contribution is -0.116. The van der Waals surface area contributed by atoms with Crippen molar-refractivity contribution in [1.82, 2.24) is 4.72 Å². The quantitative estimate of drug-likeness (QED) is 0.453. The van der Waals surface area contributed by atoms with E-state index in [0.29, 0.717) is 30.6 Å². The highest BCUT2D eigenvalue weighted by atomic mass is 35.5. The standard InChI is InChI=1S/C32H39ClN2O6S/c1-20-17-40-25-10-12-39-30(15-25)26-7-4-23(26)16-35-18-32(11-2-3-21-13-24(33)6-8-27(21)32)19-41-29-9-5-22(14-28(29)35)31(36)34-42(20,37)38/h5-6,8-9,13-14,20,23,25-26,30H,2-4,7,10-12,15-19H2,1H3,(H,34,36)/t20-,23+,25+,26-,30-,32+/m1/s1. The average Bonchev–Trinajstić information content (AvgIpc) is 3.10. The number of ether oxygens (including phenoxy) is 3. The van der Waals surface area contributed by atoms with Crippen molar-refractivity contribution >= 4 is 33.2 Å². The fraction of sp³-hybridized carbons (Fsp3) is 0.594. The maximum Gasteiger partial charge on any atom is 0.264 e. The molecule has 8 nitrogen and oxygen atoms in total. The summed E-state index contributed by atoms with van der Waals surface area (Å²) in [5.41, 5.74) is 3.48. The van der Waals surface area contributed by atoms with Crippen molar-refractivity contribution in [2.75, 3.05) is 37.8 Å². The van der Waals surface area contributed by atoms with E-state index in [-0.39, 0.29) is 24.2 Å². The van der Waals surface area contributed by atoms with Gasteiger partial charge < -0.3 is 19.1 Å².